The lowest BCUT2D eigenvalue weighted by Gasteiger charge is -2.33. The first kappa shape index (κ1) is 30.1. The molecule has 0 aliphatic carbocycles. The number of carbonyl (C=O) groups is 2. The lowest BCUT2D eigenvalue weighted by Crippen LogP contribution is -2.54. The number of benzene rings is 2. The molecule has 0 aliphatic heterocycles. The molecule has 0 saturated carbocycles. The molecule has 0 bridgehead atoms. The second-order valence-electron chi connectivity index (χ2n) is 8.88. The fourth-order valence-corrected chi connectivity index (χ4v) is 4.63. The van der Waals surface area contributed by atoms with E-state index in [1.165, 1.54) is 11.0 Å². The third-order valence-electron chi connectivity index (χ3n) is 6.01. The highest BCUT2D eigenvalue weighted by atomic mass is 32.2. The largest absolute Gasteiger partial charge is 0.416 e. The van der Waals surface area contributed by atoms with Gasteiger partial charge in [0.15, 0.2) is 0 Å². The van der Waals surface area contributed by atoms with Crippen molar-refractivity contribution in [1.82, 2.24) is 10.2 Å². The molecule has 1 N–H and O–H groups in total. The first-order valence-corrected chi connectivity index (χ1v) is 13.9. The maximum absolute atomic E-state index is 13.6. The van der Waals surface area contributed by atoms with Gasteiger partial charge < -0.3 is 10.2 Å². The number of hydrogen-bond donors (Lipinski definition) is 1. The zero-order chi connectivity index (χ0) is 27.8. The average molecular weight is 542 g/mol. The third kappa shape index (κ3) is 8.77. The van der Waals surface area contributed by atoms with Crippen LogP contribution in [-0.4, -0.2) is 56.6 Å². The summed E-state index contributed by atoms with van der Waals surface area (Å²) in [5.41, 5.74) is -0.410. The van der Waals surface area contributed by atoms with Gasteiger partial charge in [0.05, 0.1) is 17.5 Å². The van der Waals surface area contributed by atoms with Crippen LogP contribution in [0.2, 0.25) is 0 Å². The molecule has 0 fully saturated rings. The van der Waals surface area contributed by atoms with Crippen molar-refractivity contribution in [3.63, 3.8) is 0 Å². The van der Waals surface area contributed by atoms with E-state index in [9.17, 15) is 31.2 Å². The van der Waals surface area contributed by atoms with Gasteiger partial charge in [-0.3, -0.25) is 13.9 Å². The Morgan fingerprint density at radius 2 is 1.65 bits per heavy atom. The molecular formula is C26H34F3N3O4S. The topological polar surface area (TPSA) is 86.8 Å². The summed E-state index contributed by atoms with van der Waals surface area (Å²) in [6, 6.07) is 12.1. The van der Waals surface area contributed by atoms with Crippen LogP contribution in [-0.2, 0) is 32.2 Å². The van der Waals surface area contributed by atoms with E-state index in [2.05, 4.69) is 5.32 Å². The zero-order valence-electron chi connectivity index (χ0n) is 21.5. The molecular weight excluding hydrogens is 507 g/mol. The van der Waals surface area contributed by atoms with Crippen molar-refractivity contribution in [2.24, 2.45) is 0 Å². The van der Waals surface area contributed by atoms with Crippen LogP contribution in [0.5, 0.6) is 0 Å². The van der Waals surface area contributed by atoms with E-state index in [4.69, 9.17) is 0 Å². The number of nitrogens with zero attached hydrogens (tertiary/aromatic N) is 2. The minimum absolute atomic E-state index is 0.121. The summed E-state index contributed by atoms with van der Waals surface area (Å²) in [5.74, 6) is -1.06. The molecule has 0 heterocycles. The van der Waals surface area contributed by atoms with Crippen molar-refractivity contribution >= 4 is 27.5 Å². The van der Waals surface area contributed by atoms with Crippen LogP contribution in [0.4, 0.5) is 18.9 Å². The number of sulfonamides is 1. The van der Waals surface area contributed by atoms with Crippen molar-refractivity contribution < 1.29 is 31.2 Å². The number of halogens is 3. The molecule has 7 nitrogen and oxygen atoms in total. The predicted octanol–water partition coefficient (Wildman–Crippen LogP) is 4.24. The maximum atomic E-state index is 13.6. The van der Waals surface area contributed by atoms with E-state index in [-0.39, 0.29) is 30.6 Å². The molecule has 2 amide bonds. The second kappa shape index (κ2) is 12.9. The number of carbonyl (C=O) groups excluding carboxylic acids is 2. The van der Waals surface area contributed by atoms with Gasteiger partial charge in [0.1, 0.15) is 12.6 Å². The lowest BCUT2D eigenvalue weighted by atomic mass is 10.1. The van der Waals surface area contributed by atoms with Crippen LogP contribution in [0.25, 0.3) is 0 Å². The van der Waals surface area contributed by atoms with Gasteiger partial charge in [-0.05, 0) is 49.9 Å². The van der Waals surface area contributed by atoms with Crippen LogP contribution < -0.4 is 9.62 Å². The molecule has 2 atom stereocenters. The summed E-state index contributed by atoms with van der Waals surface area (Å²) in [7, 11) is -4.13. The maximum Gasteiger partial charge on any atom is 0.416 e. The highest BCUT2D eigenvalue weighted by Gasteiger charge is 2.34. The van der Waals surface area contributed by atoms with Crippen molar-refractivity contribution in [2.45, 2.75) is 58.3 Å². The molecule has 0 radical (unpaired) electrons. The number of nitrogens with one attached hydrogen (secondary N) is 1. The van der Waals surface area contributed by atoms with Crippen molar-refractivity contribution in [1.29, 1.82) is 0 Å². The first-order chi connectivity index (χ1) is 17.3. The van der Waals surface area contributed by atoms with Gasteiger partial charge in [-0.25, -0.2) is 8.42 Å². The number of anilines is 1. The minimum Gasteiger partial charge on any atom is -0.352 e. The summed E-state index contributed by atoms with van der Waals surface area (Å²) < 4.78 is 65.6. The van der Waals surface area contributed by atoms with E-state index in [0.29, 0.717) is 23.2 Å². The molecule has 0 aromatic heterocycles. The van der Waals surface area contributed by atoms with Gasteiger partial charge in [-0.1, -0.05) is 50.2 Å². The van der Waals surface area contributed by atoms with E-state index in [0.717, 1.165) is 24.0 Å². The van der Waals surface area contributed by atoms with Crippen LogP contribution in [0.3, 0.4) is 0 Å². The van der Waals surface area contributed by atoms with Gasteiger partial charge in [-0.2, -0.15) is 13.2 Å². The summed E-state index contributed by atoms with van der Waals surface area (Å²) in [6.45, 7) is 4.85. The standard InChI is InChI=1S/C26H34F3N3O4S/c1-5-19(3)30-25(34)23(6-2)31(16-15-20-11-8-7-9-12-20)24(33)18-32(37(4,35)36)22-14-10-13-21(17-22)26(27,28)29/h7-14,17,19,23H,5-6,15-16,18H2,1-4H3,(H,30,34)/t19-,23+/m1/s1. The Balaban J connectivity index is 2.42. The molecule has 2 aromatic rings. The van der Waals surface area contributed by atoms with Gasteiger partial charge in [0.2, 0.25) is 21.8 Å². The predicted molar refractivity (Wildman–Crippen MR) is 137 cm³/mol. The second-order valence-corrected chi connectivity index (χ2v) is 10.8. The zero-order valence-corrected chi connectivity index (χ0v) is 22.3. The Hall–Kier alpha value is -3.08. The SMILES string of the molecule is CC[C@@H](C)NC(=O)[C@H](CC)N(CCc1ccccc1)C(=O)CN(c1cccc(C(F)(F)F)c1)S(C)(=O)=O. The van der Waals surface area contributed by atoms with E-state index in [1.54, 1.807) is 6.92 Å². The summed E-state index contributed by atoms with van der Waals surface area (Å²) >= 11 is 0. The summed E-state index contributed by atoms with van der Waals surface area (Å²) in [4.78, 5) is 27.9. The van der Waals surface area contributed by atoms with Crippen molar-refractivity contribution in [3.05, 3.63) is 65.7 Å². The number of amides is 2. The molecule has 0 unspecified atom stereocenters. The molecule has 37 heavy (non-hydrogen) atoms. The first-order valence-electron chi connectivity index (χ1n) is 12.1. The molecule has 0 saturated heterocycles. The Bertz CT molecular complexity index is 1160. The van der Waals surface area contributed by atoms with Crippen LogP contribution in [0, 0.1) is 0 Å². The van der Waals surface area contributed by atoms with Crippen LogP contribution >= 0.6 is 0 Å². The van der Waals surface area contributed by atoms with Gasteiger partial charge in [-0.15, -0.1) is 0 Å². The summed E-state index contributed by atoms with van der Waals surface area (Å²) in [5, 5.41) is 2.86. The van der Waals surface area contributed by atoms with E-state index in [1.807, 2.05) is 44.2 Å². The van der Waals surface area contributed by atoms with Crippen LogP contribution in [0.1, 0.15) is 44.7 Å². The molecule has 2 rings (SSSR count). The number of rotatable bonds is 12. The van der Waals surface area contributed by atoms with E-state index >= 15 is 0 Å². The third-order valence-corrected chi connectivity index (χ3v) is 7.15. The number of alkyl halides is 3. The van der Waals surface area contributed by atoms with Crippen LogP contribution in [0.15, 0.2) is 54.6 Å². The lowest BCUT2D eigenvalue weighted by molar-refractivity contribution is -0.139. The molecule has 204 valence electrons. The Morgan fingerprint density at radius 1 is 1.00 bits per heavy atom. The Morgan fingerprint density at radius 3 is 2.19 bits per heavy atom. The van der Waals surface area contributed by atoms with Crippen molar-refractivity contribution in [2.75, 3.05) is 23.7 Å². The molecule has 0 aliphatic rings. The average Bonchev–Trinajstić information content (AvgIpc) is 2.84. The molecule has 11 heteroatoms. The smallest absolute Gasteiger partial charge is 0.352 e. The normalized spacial score (nSPS) is 13.5. The van der Waals surface area contributed by atoms with Crippen molar-refractivity contribution in [3.8, 4) is 0 Å². The number of hydrogen-bond acceptors (Lipinski definition) is 4. The Kier molecular flexibility index (Phi) is 10.5. The quantitative estimate of drug-likeness (QED) is 0.436. The fourth-order valence-electron chi connectivity index (χ4n) is 3.79. The highest BCUT2D eigenvalue weighted by molar-refractivity contribution is 7.92. The molecule has 2 aromatic carbocycles. The fraction of sp³-hybridized carbons (Fsp3) is 0.462. The van der Waals surface area contributed by atoms with Gasteiger partial charge >= 0.3 is 6.18 Å². The molecule has 0 spiro atoms. The van der Waals surface area contributed by atoms with Gasteiger partial charge in [0, 0.05) is 12.6 Å². The van der Waals surface area contributed by atoms with Gasteiger partial charge in [0.25, 0.3) is 0 Å². The Labute approximate surface area is 216 Å². The summed E-state index contributed by atoms with van der Waals surface area (Å²) in [6.07, 6.45) is -2.51. The highest BCUT2D eigenvalue weighted by Crippen LogP contribution is 2.32. The van der Waals surface area contributed by atoms with E-state index < -0.39 is 40.3 Å². The minimum atomic E-state index is -4.69. The monoisotopic (exact) mass is 541 g/mol.